The second kappa shape index (κ2) is 13.1. The summed E-state index contributed by atoms with van der Waals surface area (Å²) in [7, 11) is 1.68. The number of ether oxygens (including phenoxy) is 1. The minimum atomic E-state index is -0.404. The highest BCUT2D eigenvalue weighted by molar-refractivity contribution is 14.0. The van der Waals surface area contributed by atoms with Gasteiger partial charge in [-0.15, -0.1) is 24.0 Å². The van der Waals surface area contributed by atoms with E-state index in [1.165, 1.54) is 17.7 Å². The molecule has 0 amide bonds. The Kier molecular flexibility index (Phi) is 11.1. The second-order valence-electron chi connectivity index (χ2n) is 6.14. The fraction of sp³-hybridized carbons (Fsp3) is 0.350. The first-order valence-electron chi connectivity index (χ1n) is 8.92. The van der Waals surface area contributed by atoms with Crippen molar-refractivity contribution in [1.29, 1.82) is 0 Å². The zero-order valence-electron chi connectivity index (χ0n) is 16.1. The minimum Gasteiger partial charge on any atom is -0.385 e. The zero-order valence-corrected chi connectivity index (χ0v) is 18.5. The molecule has 8 heteroatoms. The molecule has 152 valence electrons. The summed E-state index contributed by atoms with van der Waals surface area (Å²) in [6.07, 6.45) is 0.869. The molecule has 1 unspecified atom stereocenters. The Balaban J connectivity index is 0.00000392. The van der Waals surface area contributed by atoms with E-state index in [4.69, 9.17) is 4.74 Å². The molecule has 0 aromatic heterocycles. The lowest BCUT2D eigenvalue weighted by Crippen LogP contribution is -2.39. The van der Waals surface area contributed by atoms with Gasteiger partial charge in [-0.2, -0.15) is 0 Å². The summed E-state index contributed by atoms with van der Waals surface area (Å²) >= 11 is 0. The van der Waals surface area contributed by atoms with E-state index in [1.54, 1.807) is 19.2 Å². The highest BCUT2D eigenvalue weighted by Crippen LogP contribution is 2.13. The number of nitrogens with one attached hydrogen (secondary N) is 2. The molecule has 0 aliphatic heterocycles. The summed E-state index contributed by atoms with van der Waals surface area (Å²) in [6.45, 7) is 3.92. The topological polar surface area (TPSA) is 88.8 Å². The van der Waals surface area contributed by atoms with Crippen LogP contribution in [0.1, 0.15) is 30.5 Å². The maximum absolute atomic E-state index is 10.8. The fourth-order valence-corrected chi connectivity index (χ4v) is 2.50. The van der Waals surface area contributed by atoms with E-state index >= 15 is 0 Å². The van der Waals surface area contributed by atoms with Gasteiger partial charge in [-0.3, -0.25) is 10.1 Å². The molecule has 0 fully saturated rings. The molecule has 0 bridgehead atoms. The number of non-ortho nitro benzene ring substituents is 1. The van der Waals surface area contributed by atoms with E-state index in [0.29, 0.717) is 19.1 Å². The monoisotopic (exact) mass is 498 g/mol. The molecule has 0 aliphatic carbocycles. The van der Waals surface area contributed by atoms with Crippen LogP contribution in [-0.4, -0.2) is 31.1 Å². The van der Waals surface area contributed by atoms with Crippen LogP contribution >= 0.6 is 24.0 Å². The average molecular weight is 498 g/mol. The van der Waals surface area contributed by atoms with Crippen LogP contribution in [0.25, 0.3) is 0 Å². The minimum absolute atomic E-state index is 0. The largest absolute Gasteiger partial charge is 0.385 e. The van der Waals surface area contributed by atoms with Crippen LogP contribution in [-0.2, 0) is 11.3 Å². The van der Waals surface area contributed by atoms with Crippen LogP contribution < -0.4 is 10.6 Å². The lowest BCUT2D eigenvalue weighted by molar-refractivity contribution is -0.384. The third-order valence-electron chi connectivity index (χ3n) is 4.04. The van der Waals surface area contributed by atoms with Gasteiger partial charge in [-0.25, -0.2) is 4.99 Å². The van der Waals surface area contributed by atoms with Crippen molar-refractivity contribution in [3.05, 3.63) is 75.8 Å². The second-order valence-corrected chi connectivity index (χ2v) is 6.14. The molecule has 0 saturated heterocycles. The number of benzene rings is 2. The van der Waals surface area contributed by atoms with Gasteiger partial charge in [0.25, 0.3) is 5.69 Å². The van der Waals surface area contributed by atoms with Gasteiger partial charge in [-0.05, 0) is 24.5 Å². The van der Waals surface area contributed by atoms with Crippen molar-refractivity contribution in [1.82, 2.24) is 10.6 Å². The third-order valence-corrected chi connectivity index (χ3v) is 4.04. The highest BCUT2D eigenvalue weighted by Gasteiger charge is 2.08. The Morgan fingerprint density at radius 2 is 1.86 bits per heavy atom. The summed E-state index contributed by atoms with van der Waals surface area (Å²) in [6, 6.07) is 16.7. The maximum atomic E-state index is 10.8. The van der Waals surface area contributed by atoms with Crippen molar-refractivity contribution in [3.63, 3.8) is 0 Å². The molecule has 28 heavy (non-hydrogen) atoms. The quantitative estimate of drug-likeness (QED) is 0.136. The Bertz CT molecular complexity index is 739. The molecule has 1 atom stereocenters. The summed E-state index contributed by atoms with van der Waals surface area (Å²) < 4.78 is 5.08. The Labute approximate surface area is 182 Å². The normalized spacial score (nSPS) is 12.0. The van der Waals surface area contributed by atoms with Crippen molar-refractivity contribution in [3.8, 4) is 0 Å². The van der Waals surface area contributed by atoms with Crippen molar-refractivity contribution >= 4 is 35.6 Å². The summed E-state index contributed by atoms with van der Waals surface area (Å²) in [5.74, 6) is 0.695. The Morgan fingerprint density at radius 1 is 1.18 bits per heavy atom. The molecule has 0 heterocycles. The number of nitro benzene ring substituents is 1. The van der Waals surface area contributed by atoms with Crippen LogP contribution in [0, 0.1) is 10.1 Å². The van der Waals surface area contributed by atoms with E-state index < -0.39 is 4.92 Å². The Morgan fingerprint density at radius 3 is 2.46 bits per heavy atom. The molecule has 0 aliphatic rings. The molecule has 0 spiro atoms. The van der Waals surface area contributed by atoms with Gasteiger partial charge in [0.05, 0.1) is 17.5 Å². The number of nitrogens with zero attached hydrogens (tertiary/aromatic N) is 2. The van der Waals surface area contributed by atoms with Crippen molar-refractivity contribution in [2.45, 2.75) is 25.9 Å². The number of hydrogen-bond acceptors (Lipinski definition) is 4. The van der Waals surface area contributed by atoms with Crippen LogP contribution in [0.3, 0.4) is 0 Å². The number of hydrogen-bond donors (Lipinski definition) is 2. The third kappa shape index (κ3) is 8.22. The van der Waals surface area contributed by atoms with Gasteiger partial charge < -0.3 is 15.4 Å². The molecule has 2 rings (SSSR count). The number of guanidine groups is 1. The molecule has 0 saturated carbocycles. The predicted molar refractivity (Wildman–Crippen MR) is 122 cm³/mol. The molecular weight excluding hydrogens is 471 g/mol. The highest BCUT2D eigenvalue weighted by atomic mass is 127. The van der Waals surface area contributed by atoms with Gasteiger partial charge in [0.2, 0.25) is 0 Å². The lowest BCUT2D eigenvalue weighted by Gasteiger charge is -2.19. The molecule has 2 aromatic carbocycles. The number of aliphatic imine (C=N–C) groups is 1. The standard InChI is InChI=1S/C20H26N4O3.HI/c1-16(18-7-4-3-5-8-18)23-20(21-13-6-14-27-2)22-15-17-9-11-19(12-10-17)24(25)26;/h3-5,7-12,16H,6,13-15H2,1-2H3,(H2,21,22,23);1H. The smallest absolute Gasteiger partial charge is 0.269 e. The predicted octanol–water partition coefficient (Wildman–Crippen LogP) is 4.05. The van der Waals surface area contributed by atoms with E-state index in [-0.39, 0.29) is 35.7 Å². The van der Waals surface area contributed by atoms with E-state index in [2.05, 4.69) is 34.7 Å². The Hall–Kier alpha value is -2.20. The van der Waals surface area contributed by atoms with Crippen molar-refractivity contribution < 1.29 is 9.66 Å². The average Bonchev–Trinajstić information content (AvgIpc) is 2.70. The van der Waals surface area contributed by atoms with Crippen molar-refractivity contribution in [2.75, 3.05) is 20.3 Å². The van der Waals surface area contributed by atoms with E-state index in [1.807, 2.05) is 18.2 Å². The van der Waals surface area contributed by atoms with Gasteiger partial charge >= 0.3 is 0 Å². The van der Waals surface area contributed by atoms with Gasteiger partial charge in [0.1, 0.15) is 0 Å². The first-order chi connectivity index (χ1) is 13.1. The van der Waals surface area contributed by atoms with Crippen LogP contribution in [0.2, 0.25) is 0 Å². The summed E-state index contributed by atoms with van der Waals surface area (Å²) in [5.41, 5.74) is 2.15. The van der Waals surface area contributed by atoms with Gasteiger partial charge in [-0.1, -0.05) is 42.5 Å². The van der Waals surface area contributed by atoms with Crippen LogP contribution in [0.4, 0.5) is 5.69 Å². The number of nitro groups is 1. The van der Waals surface area contributed by atoms with Crippen LogP contribution in [0.15, 0.2) is 59.6 Å². The number of methoxy groups -OCH3 is 1. The van der Waals surface area contributed by atoms with Crippen LogP contribution in [0.5, 0.6) is 0 Å². The van der Waals surface area contributed by atoms with Gasteiger partial charge in [0.15, 0.2) is 5.96 Å². The number of halogens is 1. The number of rotatable bonds is 9. The first kappa shape index (κ1) is 23.8. The molecule has 2 N–H and O–H groups in total. The first-order valence-corrected chi connectivity index (χ1v) is 8.92. The molecule has 7 nitrogen and oxygen atoms in total. The van der Waals surface area contributed by atoms with E-state index in [0.717, 1.165) is 18.5 Å². The van der Waals surface area contributed by atoms with Gasteiger partial charge in [0, 0.05) is 32.4 Å². The van der Waals surface area contributed by atoms with E-state index in [9.17, 15) is 10.1 Å². The summed E-state index contributed by atoms with van der Waals surface area (Å²) in [5, 5.41) is 17.5. The lowest BCUT2D eigenvalue weighted by atomic mass is 10.1. The van der Waals surface area contributed by atoms with Crippen molar-refractivity contribution in [2.24, 2.45) is 4.99 Å². The summed E-state index contributed by atoms with van der Waals surface area (Å²) in [4.78, 5) is 15.0. The fourth-order valence-electron chi connectivity index (χ4n) is 2.50. The molecule has 2 aromatic rings. The molecular formula is C20H27IN4O3. The molecule has 0 radical (unpaired) electrons. The SMILES string of the molecule is COCCCNC(=NCc1ccc([N+](=O)[O-])cc1)NC(C)c1ccccc1.I. The zero-order chi connectivity index (χ0) is 19.5. The maximum Gasteiger partial charge on any atom is 0.269 e.